The molecule has 0 spiro atoms. The molecule has 0 aliphatic carbocycles. The van der Waals surface area contributed by atoms with E-state index in [-0.39, 0.29) is 18.0 Å². The second-order valence-corrected chi connectivity index (χ2v) is 8.59. The van der Waals surface area contributed by atoms with Crippen molar-refractivity contribution in [3.63, 3.8) is 0 Å². The minimum absolute atomic E-state index is 0.0709. The quantitative estimate of drug-likeness (QED) is 0.637. The highest BCUT2D eigenvalue weighted by molar-refractivity contribution is 7.10. The van der Waals surface area contributed by atoms with Crippen molar-refractivity contribution < 1.29 is 19.0 Å². The first-order valence-corrected chi connectivity index (χ1v) is 11.5. The largest absolute Gasteiger partial charge is 0.493 e. The summed E-state index contributed by atoms with van der Waals surface area (Å²) in [5.41, 5.74) is 0.474. The van der Waals surface area contributed by atoms with Crippen molar-refractivity contribution in [2.75, 3.05) is 54.1 Å². The fourth-order valence-corrected chi connectivity index (χ4v) is 5.11. The zero-order chi connectivity index (χ0) is 22.4. The number of carbonyl (C=O) groups is 1. The van der Waals surface area contributed by atoms with Crippen LogP contribution in [0.4, 0.5) is 0 Å². The topological polar surface area (TPSA) is 63.3 Å². The normalized spacial score (nSPS) is 17.1. The fourth-order valence-electron chi connectivity index (χ4n) is 4.14. The molecule has 1 saturated heterocycles. The summed E-state index contributed by atoms with van der Waals surface area (Å²) in [6.45, 7) is 9.42. The van der Waals surface area contributed by atoms with Gasteiger partial charge in [0.25, 0.3) is 5.91 Å². The van der Waals surface area contributed by atoms with Crippen LogP contribution < -0.4 is 19.5 Å². The number of benzene rings is 1. The lowest BCUT2D eigenvalue weighted by atomic mass is 10.0. The Bertz CT molecular complexity index is 826. The lowest BCUT2D eigenvalue weighted by molar-refractivity contribution is 0.0753. The van der Waals surface area contributed by atoms with Gasteiger partial charge in [0.1, 0.15) is 0 Å². The van der Waals surface area contributed by atoms with E-state index in [4.69, 9.17) is 14.2 Å². The lowest BCUT2D eigenvalue weighted by Gasteiger charge is -2.41. The highest BCUT2D eigenvalue weighted by atomic mass is 32.1. The third kappa shape index (κ3) is 5.31. The molecule has 0 bridgehead atoms. The molecular formula is C23H33N3O4S. The first kappa shape index (κ1) is 23.4. The van der Waals surface area contributed by atoms with E-state index < -0.39 is 0 Å². The Morgan fingerprint density at radius 2 is 1.74 bits per heavy atom. The van der Waals surface area contributed by atoms with Crippen molar-refractivity contribution in [2.45, 2.75) is 25.9 Å². The molecule has 0 saturated carbocycles. The fraction of sp³-hybridized carbons (Fsp3) is 0.522. The molecule has 0 radical (unpaired) electrons. The molecule has 2 aromatic rings. The molecule has 2 heterocycles. The van der Waals surface area contributed by atoms with Crippen LogP contribution in [0.3, 0.4) is 0 Å². The third-order valence-corrected chi connectivity index (χ3v) is 6.78. The Morgan fingerprint density at radius 3 is 2.23 bits per heavy atom. The van der Waals surface area contributed by atoms with Crippen LogP contribution in [0, 0.1) is 0 Å². The van der Waals surface area contributed by atoms with Gasteiger partial charge in [-0.05, 0) is 37.0 Å². The van der Waals surface area contributed by atoms with Crippen molar-refractivity contribution in [2.24, 2.45) is 0 Å². The summed E-state index contributed by atoms with van der Waals surface area (Å²) in [6, 6.07) is 7.66. The number of rotatable bonds is 9. The molecule has 31 heavy (non-hydrogen) atoms. The van der Waals surface area contributed by atoms with E-state index in [1.165, 1.54) is 4.88 Å². The number of hydrogen-bond acceptors (Lipinski definition) is 7. The predicted octanol–water partition coefficient (Wildman–Crippen LogP) is 3.27. The smallest absolute Gasteiger partial charge is 0.251 e. The van der Waals surface area contributed by atoms with Crippen LogP contribution in [0.5, 0.6) is 17.2 Å². The van der Waals surface area contributed by atoms with E-state index in [2.05, 4.69) is 46.5 Å². The zero-order valence-corrected chi connectivity index (χ0v) is 19.8. The van der Waals surface area contributed by atoms with Crippen LogP contribution in [-0.2, 0) is 0 Å². The second-order valence-electron chi connectivity index (χ2n) is 7.61. The van der Waals surface area contributed by atoms with Gasteiger partial charge in [-0.3, -0.25) is 9.69 Å². The summed E-state index contributed by atoms with van der Waals surface area (Å²) < 4.78 is 16.2. The average molecular weight is 448 g/mol. The van der Waals surface area contributed by atoms with Crippen molar-refractivity contribution in [1.82, 2.24) is 15.1 Å². The van der Waals surface area contributed by atoms with E-state index in [0.717, 1.165) is 32.7 Å². The molecule has 1 aliphatic rings. The monoisotopic (exact) mass is 447 g/mol. The Hall–Kier alpha value is -2.29. The van der Waals surface area contributed by atoms with E-state index >= 15 is 0 Å². The van der Waals surface area contributed by atoms with Gasteiger partial charge < -0.3 is 24.4 Å². The van der Waals surface area contributed by atoms with E-state index in [9.17, 15) is 4.79 Å². The maximum absolute atomic E-state index is 13.2. The maximum Gasteiger partial charge on any atom is 0.251 e. The van der Waals surface area contributed by atoms with Crippen LogP contribution in [0.2, 0.25) is 0 Å². The second kappa shape index (κ2) is 10.8. The molecule has 8 heteroatoms. The van der Waals surface area contributed by atoms with Crippen LogP contribution in [0.15, 0.2) is 29.6 Å². The Kier molecular flexibility index (Phi) is 8.17. The molecular weight excluding hydrogens is 414 g/mol. The zero-order valence-electron chi connectivity index (χ0n) is 19.0. The van der Waals surface area contributed by atoms with Crippen LogP contribution in [0.25, 0.3) is 0 Å². The van der Waals surface area contributed by atoms with E-state index in [0.29, 0.717) is 22.8 Å². The lowest BCUT2D eigenvalue weighted by Crippen LogP contribution is -2.52. The molecule has 1 aromatic carbocycles. The van der Waals surface area contributed by atoms with Gasteiger partial charge in [0.05, 0.1) is 27.4 Å². The number of piperazine rings is 1. The standard InChI is InChI=1S/C23H33N3O4S/c1-6-25-9-11-26(12-10-25)21(20-8-7-13-31-20)16(2)24-23(27)17-14-18(28-3)22(30-5)19(15-17)29-4/h7-8,13-16,21H,6,9-12H2,1-5H3,(H,24,27). The SMILES string of the molecule is CCN1CCN(C(c2cccs2)C(C)NC(=O)c2cc(OC)c(OC)c(OC)c2)CC1. The number of thiophene rings is 1. The van der Waals surface area contributed by atoms with E-state index in [1.54, 1.807) is 44.8 Å². The summed E-state index contributed by atoms with van der Waals surface area (Å²) in [7, 11) is 4.64. The summed E-state index contributed by atoms with van der Waals surface area (Å²) in [5, 5.41) is 5.30. The maximum atomic E-state index is 13.2. The van der Waals surface area contributed by atoms with Gasteiger partial charge >= 0.3 is 0 Å². The minimum atomic E-state index is -0.166. The molecule has 170 valence electrons. The van der Waals surface area contributed by atoms with Crippen LogP contribution in [0.1, 0.15) is 35.1 Å². The summed E-state index contributed by atoms with van der Waals surface area (Å²) in [5.74, 6) is 1.23. The first-order valence-electron chi connectivity index (χ1n) is 10.6. The molecule has 7 nitrogen and oxygen atoms in total. The number of nitrogens with zero attached hydrogens (tertiary/aromatic N) is 2. The number of likely N-dealkylation sites (N-methyl/N-ethyl adjacent to an activating group) is 1. The molecule has 1 aliphatic heterocycles. The number of carbonyl (C=O) groups excluding carboxylic acids is 1. The van der Waals surface area contributed by atoms with Gasteiger partial charge in [-0.1, -0.05) is 13.0 Å². The minimum Gasteiger partial charge on any atom is -0.493 e. The first-order chi connectivity index (χ1) is 15.0. The highest BCUT2D eigenvalue weighted by Crippen LogP contribution is 2.38. The van der Waals surface area contributed by atoms with Crippen LogP contribution >= 0.6 is 11.3 Å². The molecule has 1 aromatic heterocycles. The molecule has 2 atom stereocenters. The Morgan fingerprint density at radius 1 is 1.10 bits per heavy atom. The van der Waals surface area contributed by atoms with Gasteiger partial charge in [0.15, 0.2) is 11.5 Å². The summed E-state index contributed by atoms with van der Waals surface area (Å²) in [4.78, 5) is 19.4. The van der Waals surface area contributed by atoms with Crippen molar-refractivity contribution >= 4 is 17.2 Å². The number of ether oxygens (including phenoxy) is 3. The molecule has 3 rings (SSSR count). The molecule has 1 fully saturated rings. The van der Waals surface area contributed by atoms with Gasteiger partial charge in [0, 0.05) is 42.7 Å². The van der Waals surface area contributed by atoms with Gasteiger partial charge in [-0.15, -0.1) is 11.3 Å². The summed E-state index contributed by atoms with van der Waals surface area (Å²) >= 11 is 1.74. The number of hydrogen-bond donors (Lipinski definition) is 1. The molecule has 2 unspecified atom stereocenters. The van der Waals surface area contributed by atoms with E-state index in [1.807, 2.05) is 0 Å². The number of nitrogens with one attached hydrogen (secondary N) is 1. The average Bonchev–Trinajstić information content (AvgIpc) is 3.32. The van der Waals surface area contributed by atoms with Crippen molar-refractivity contribution in [1.29, 1.82) is 0 Å². The predicted molar refractivity (Wildman–Crippen MR) is 124 cm³/mol. The van der Waals surface area contributed by atoms with Gasteiger partial charge in [0.2, 0.25) is 5.75 Å². The van der Waals surface area contributed by atoms with Gasteiger partial charge in [-0.25, -0.2) is 0 Å². The Balaban J connectivity index is 1.80. The third-order valence-electron chi connectivity index (χ3n) is 5.84. The molecule has 1 N–H and O–H groups in total. The summed E-state index contributed by atoms with van der Waals surface area (Å²) in [6.07, 6.45) is 0. The number of methoxy groups -OCH3 is 3. The van der Waals surface area contributed by atoms with Crippen molar-refractivity contribution in [3.8, 4) is 17.2 Å². The Labute approximate surface area is 188 Å². The molecule has 1 amide bonds. The van der Waals surface area contributed by atoms with Gasteiger partial charge in [-0.2, -0.15) is 0 Å². The van der Waals surface area contributed by atoms with Crippen LogP contribution in [-0.4, -0.2) is 75.8 Å². The highest BCUT2D eigenvalue weighted by Gasteiger charge is 2.31. The number of amides is 1. The van der Waals surface area contributed by atoms with Crippen molar-refractivity contribution in [3.05, 3.63) is 40.1 Å².